The normalized spacial score (nSPS) is 24.8. The van der Waals surface area contributed by atoms with Crippen molar-refractivity contribution in [3.05, 3.63) is 29.3 Å². The van der Waals surface area contributed by atoms with Gasteiger partial charge in [-0.3, -0.25) is 0 Å². The van der Waals surface area contributed by atoms with Gasteiger partial charge in [-0.15, -0.1) is 0 Å². The third kappa shape index (κ3) is 3.19. The Bertz CT molecular complexity index is 577. The lowest BCUT2D eigenvalue weighted by Crippen LogP contribution is -2.43. The van der Waals surface area contributed by atoms with Gasteiger partial charge in [0.2, 0.25) is 10.0 Å². The smallest absolute Gasteiger partial charge is 0.243 e. The van der Waals surface area contributed by atoms with Crippen LogP contribution in [-0.2, 0) is 16.6 Å². The first-order valence-corrected chi connectivity index (χ1v) is 9.18. The number of nitrogens with two attached hydrogens (primary N) is 1. The Morgan fingerprint density at radius 1 is 1.30 bits per heavy atom. The Kier molecular flexibility index (Phi) is 4.79. The van der Waals surface area contributed by atoms with E-state index >= 15 is 0 Å². The molecule has 1 aromatic rings. The molecule has 0 aliphatic carbocycles. The first-order valence-electron chi connectivity index (χ1n) is 6.79. The zero-order valence-electron chi connectivity index (χ0n) is 12.2. The van der Waals surface area contributed by atoms with E-state index in [-0.39, 0.29) is 0 Å². The van der Waals surface area contributed by atoms with Gasteiger partial charge in [0.05, 0.1) is 4.90 Å². The molecular formula is C14H22N2O2S2. The third-order valence-corrected chi connectivity index (χ3v) is 6.62. The monoisotopic (exact) mass is 314 g/mol. The zero-order valence-corrected chi connectivity index (χ0v) is 13.8. The highest BCUT2D eigenvalue weighted by Crippen LogP contribution is 2.29. The quantitative estimate of drug-likeness (QED) is 0.926. The van der Waals surface area contributed by atoms with Gasteiger partial charge in [0.1, 0.15) is 0 Å². The molecule has 0 bridgehead atoms. The molecule has 0 amide bonds. The highest BCUT2D eigenvalue weighted by molar-refractivity contribution is 8.00. The topological polar surface area (TPSA) is 63.4 Å². The highest BCUT2D eigenvalue weighted by atomic mass is 32.2. The maximum absolute atomic E-state index is 12.7. The molecule has 1 heterocycles. The van der Waals surface area contributed by atoms with Crippen LogP contribution in [0.5, 0.6) is 0 Å². The van der Waals surface area contributed by atoms with Crippen molar-refractivity contribution in [2.75, 3.05) is 13.1 Å². The summed E-state index contributed by atoms with van der Waals surface area (Å²) in [6, 6.07) is 5.23. The Balaban J connectivity index is 2.34. The SMILES string of the molecule is Cc1ccc(S(=O)(=O)N2CC(C)SC(C)C2)cc1CN. The van der Waals surface area contributed by atoms with Crippen molar-refractivity contribution in [1.29, 1.82) is 0 Å². The van der Waals surface area contributed by atoms with Crippen LogP contribution in [0.1, 0.15) is 25.0 Å². The molecule has 0 saturated carbocycles. The second-order valence-electron chi connectivity index (χ2n) is 5.37. The molecule has 0 spiro atoms. The van der Waals surface area contributed by atoms with E-state index in [9.17, 15) is 8.42 Å². The Morgan fingerprint density at radius 3 is 2.45 bits per heavy atom. The molecule has 2 rings (SSSR count). The number of nitrogens with zero attached hydrogens (tertiary/aromatic N) is 1. The number of hydrogen-bond acceptors (Lipinski definition) is 4. The predicted octanol–water partition coefficient (Wildman–Crippen LogP) is 1.97. The fourth-order valence-corrected chi connectivity index (χ4v) is 5.69. The van der Waals surface area contributed by atoms with Crippen molar-refractivity contribution in [3.63, 3.8) is 0 Å². The molecule has 112 valence electrons. The largest absolute Gasteiger partial charge is 0.326 e. The summed E-state index contributed by atoms with van der Waals surface area (Å²) in [4.78, 5) is 0.356. The lowest BCUT2D eigenvalue weighted by atomic mass is 10.1. The standard InChI is InChI=1S/C14H22N2O2S2/c1-10-4-5-14(6-13(10)7-15)20(17,18)16-8-11(2)19-12(3)9-16/h4-6,11-12H,7-9,15H2,1-3H3. The number of thioether (sulfide) groups is 1. The zero-order chi connectivity index (χ0) is 14.9. The molecule has 1 aliphatic rings. The van der Waals surface area contributed by atoms with E-state index in [2.05, 4.69) is 13.8 Å². The minimum Gasteiger partial charge on any atom is -0.326 e. The predicted molar refractivity (Wildman–Crippen MR) is 84.3 cm³/mol. The second-order valence-corrected chi connectivity index (χ2v) is 9.19. The summed E-state index contributed by atoms with van der Waals surface area (Å²) < 4.78 is 27.1. The van der Waals surface area contributed by atoms with Crippen LogP contribution in [0.15, 0.2) is 23.1 Å². The Labute approximate surface area is 125 Å². The fourth-order valence-electron chi connectivity index (χ4n) is 2.50. The van der Waals surface area contributed by atoms with Crippen molar-refractivity contribution >= 4 is 21.8 Å². The fraction of sp³-hybridized carbons (Fsp3) is 0.571. The average molecular weight is 314 g/mol. The molecular weight excluding hydrogens is 292 g/mol. The van der Waals surface area contributed by atoms with Crippen LogP contribution in [-0.4, -0.2) is 36.3 Å². The van der Waals surface area contributed by atoms with Gasteiger partial charge in [-0.05, 0) is 30.2 Å². The van der Waals surface area contributed by atoms with E-state index in [0.717, 1.165) is 11.1 Å². The number of hydrogen-bond donors (Lipinski definition) is 1. The summed E-state index contributed by atoms with van der Waals surface area (Å²) >= 11 is 1.84. The second kappa shape index (κ2) is 6.05. The van der Waals surface area contributed by atoms with Gasteiger partial charge < -0.3 is 5.73 Å². The van der Waals surface area contributed by atoms with E-state index in [1.165, 1.54) is 0 Å². The molecule has 2 atom stereocenters. The Morgan fingerprint density at radius 2 is 1.90 bits per heavy atom. The van der Waals surface area contributed by atoms with Crippen molar-refractivity contribution in [2.24, 2.45) is 5.73 Å². The van der Waals surface area contributed by atoms with E-state index in [1.54, 1.807) is 16.4 Å². The number of rotatable bonds is 3. The van der Waals surface area contributed by atoms with E-state index in [1.807, 2.05) is 24.8 Å². The van der Waals surface area contributed by atoms with Crippen LogP contribution < -0.4 is 5.73 Å². The van der Waals surface area contributed by atoms with Crippen LogP contribution in [0.25, 0.3) is 0 Å². The van der Waals surface area contributed by atoms with Crippen LogP contribution in [0.2, 0.25) is 0 Å². The minimum absolute atomic E-state index is 0.327. The Hall–Kier alpha value is -0.560. The molecule has 2 N–H and O–H groups in total. The van der Waals surface area contributed by atoms with Crippen LogP contribution >= 0.6 is 11.8 Å². The van der Waals surface area contributed by atoms with Crippen LogP contribution in [0.4, 0.5) is 0 Å². The first-order chi connectivity index (χ1) is 9.34. The molecule has 1 saturated heterocycles. The lowest BCUT2D eigenvalue weighted by Gasteiger charge is -2.33. The maximum atomic E-state index is 12.7. The van der Waals surface area contributed by atoms with Gasteiger partial charge in [-0.1, -0.05) is 19.9 Å². The van der Waals surface area contributed by atoms with Gasteiger partial charge in [-0.25, -0.2) is 8.42 Å². The molecule has 1 aliphatic heterocycles. The minimum atomic E-state index is -3.41. The molecule has 6 heteroatoms. The summed E-state index contributed by atoms with van der Waals surface area (Å²) in [5.41, 5.74) is 7.59. The van der Waals surface area contributed by atoms with Crippen molar-refractivity contribution in [3.8, 4) is 0 Å². The molecule has 2 unspecified atom stereocenters. The molecule has 1 fully saturated rings. The van der Waals surface area contributed by atoms with Crippen molar-refractivity contribution in [1.82, 2.24) is 4.31 Å². The summed E-state index contributed by atoms with van der Waals surface area (Å²) in [5.74, 6) is 0. The van der Waals surface area contributed by atoms with E-state index < -0.39 is 10.0 Å². The van der Waals surface area contributed by atoms with Crippen LogP contribution in [0.3, 0.4) is 0 Å². The van der Waals surface area contributed by atoms with Gasteiger partial charge in [0.25, 0.3) is 0 Å². The third-order valence-electron chi connectivity index (χ3n) is 3.56. The maximum Gasteiger partial charge on any atom is 0.243 e. The molecule has 0 radical (unpaired) electrons. The first kappa shape index (κ1) is 15.8. The van der Waals surface area contributed by atoms with Crippen molar-refractivity contribution < 1.29 is 8.42 Å². The van der Waals surface area contributed by atoms with Gasteiger partial charge in [0.15, 0.2) is 0 Å². The highest BCUT2D eigenvalue weighted by Gasteiger charge is 2.32. The number of sulfonamides is 1. The van der Waals surface area contributed by atoms with Gasteiger partial charge in [-0.2, -0.15) is 16.1 Å². The van der Waals surface area contributed by atoms with Gasteiger partial charge in [0, 0.05) is 30.1 Å². The van der Waals surface area contributed by atoms with Gasteiger partial charge >= 0.3 is 0 Å². The molecule has 4 nitrogen and oxygen atoms in total. The van der Waals surface area contributed by atoms with Crippen LogP contribution in [0, 0.1) is 6.92 Å². The number of aryl methyl sites for hydroxylation is 1. The summed E-state index contributed by atoms with van der Waals surface area (Å²) in [6.45, 7) is 7.59. The summed E-state index contributed by atoms with van der Waals surface area (Å²) in [5, 5.41) is 0.654. The lowest BCUT2D eigenvalue weighted by molar-refractivity contribution is 0.405. The molecule has 0 aromatic heterocycles. The van der Waals surface area contributed by atoms with E-state index in [0.29, 0.717) is 35.0 Å². The molecule has 20 heavy (non-hydrogen) atoms. The van der Waals surface area contributed by atoms with Crippen molar-refractivity contribution in [2.45, 2.75) is 42.7 Å². The molecule has 1 aromatic carbocycles. The summed E-state index contributed by atoms with van der Waals surface area (Å²) in [6.07, 6.45) is 0. The van der Waals surface area contributed by atoms with E-state index in [4.69, 9.17) is 5.73 Å². The average Bonchev–Trinajstić information content (AvgIpc) is 2.37. The number of benzene rings is 1. The summed E-state index contributed by atoms with van der Waals surface area (Å²) in [7, 11) is -3.41.